The number of hydrogen-bond acceptors (Lipinski definition) is 3. The molecule has 156 valence electrons. The maximum atomic E-state index is 13.4. The highest BCUT2D eigenvalue weighted by atomic mass is 19.3. The highest BCUT2D eigenvalue weighted by molar-refractivity contribution is 5.86. The number of aromatic nitrogens is 3. The zero-order valence-corrected chi connectivity index (χ0v) is 16.8. The number of aryl methyl sites for hydroxylation is 1. The molecule has 2 aromatic heterocycles. The number of nitrogen functional groups attached to an aromatic ring is 1. The van der Waals surface area contributed by atoms with Crippen LogP contribution in [0.5, 0.6) is 0 Å². The standard InChI is InChI=1S/C23H25F2N5/c24-21(25)17-10-15(20-12-27-7-5-16(20)11-17)3-1-14-2-4-18(9-14)30-8-6-19-22(26)28-13-29-23(19)30/h6,8-11,13,18,21,27H,1-5,7,12H2,(H2,26,28,29)/p+1/t18-/m0/s1. The Morgan fingerprint density at radius 1 is 1.20 bits per heavy atom. The van der Waals surface area contributed by atoms with Gasteiger partial charge >= 0.3 is 0 Å². The molecule has 3 heterocycles. The molecule has 1 aliphatic carbocycles. The Bertz CT molecular complexity index is 1120. The third kappa shape index (κ3) is 3.47. The van der Waals surface area contributed by atoms with Gasteiger partial charge in [-0.1, -0.05) is 11.6 Å². The molecule has 1 aliphatic heterocycles. The first-order chi connectivity index (χ1) is 14.6. The van der Waals surface area contributed by atoms with E-state index in [-0.39, 0.29) is 11.6 Å². The van der Waals surface area contributed by atoms with Gasteiger partial charge in [-0.15, -0.1) is 0 Å². The number of alkyl halides is 2. The van der Waals surface area contributed by atoms with Crippen LogP contribution in [0.1, 0.15) is 54.0 Å². The van der Waals surface area contributed by atoms with Crippen molar-refractivity contribution in [2.75, 3.05) is 12.3 Å². The van der Waals surface area contributed by atoms with E-state index >= 15 is 0 Å². The van der Waals surface area contributed by atoms with E-state index in [9.17, 15) is 8.78 Å². The first-order valence-electron chi connectivity index (χ1n) is 10.6. The van der Waals surface area contributed by atoms with Crippen LogP contribution in [0.4, 0.5) is 14.6 Å². The average molecular weight is 410 g/mol. The molecular formula is C23H26F2N5+. The Morgan fingerprint density at radius 3 is 2.97 bits per heavy atom. The summed E-state index contributed by atoms with van der Waals surface area (Å²) in [5.74, 6) is 0.501. The zero-order chi connectivity index (χ0) is 20.7. The fourth-order valence-electron chi connectivity index (χ4n) is 4.92. The Kier molecular flexibility index (Phi) is 4.98. The molecule has 7 heteroatoms. The average Bonchev–Trinajstić information content (AvgIpc) is 3.39. The van der Waals surface area contributed by atoms with Crippen molar-refractivity contribution in [1.29, 1.82) is 0 Å². The van der Waals surface area contributed by atoms with Crippen LogP contribution in [0, 0.1) is 0 Å². The summed E-state index contributed by atoms with van der Waals surface area (Å²) in [5.41, 5.74) is 11.8. The minimum atomic E-state index is -2.41. The van der Waals surface area contributed by atoms with Crippen molar-refractivity contribution >= 4 is 16.9 Å². The van der Waals surface area contributed by atoms with Gasteiger partial charge in [-0.25, -0.2) is 18.7 Å². The van der Waals surface area contributed by atoms with Gasteiger partial charge < -0.3 is 15.6 Å². The van der Waals surface area contributed by atoms with Crippen LogP contribution in [-0.4, -0.2) is 21.1 Å². The van der Waals surface area contributed by atoms with Crippen molar-refractivity contribution < 1.29 is 14.1 Å². The molecule has 0 bridgehead atoms. The van der Waals surface area contributed by atoms with Gasteiger partial charge in [0.05, 0.1) is 18.0 Å². The largest absolute Gasteiger partial charge is 0.383 e. The molecule has 1 atom stereocenters. The molecule has 0 spiro atoms. The number of rotatable bonds is 5. The Labute approximate surface area is 174 Å². The van der Waals surface area contributed by atoms with E-state index < -0.39 is 6.43 Å². The van der Waals surface area contributed by atoms with Crippen molar-refractivity contribution in [3.8, 4) is 0 Å². The molecule has 4 N–H and O–H groups in total. The molecule has 2 aliphatic rings. The predicted molar refractivity (Wildman–Crippen MR) is 112 cm³/mol. The molecule has 1 aromatic carbocycles. The fraction of sp³-hybridized carbons (Fsp3) is 0.391. The van der Waals surface area contributed by atoms with Gasteiger partial charge in [-0.05, 0) is 55.0 Å². The molecule has 0 radical (unpaired) electrons. The third-order valence-electron chi connectivity index (χ3n) is 6.48. The molecule has 0 amide bonds. The lowest BCUT2D eigenvalue weighted by Gasteiger charge is -2.20. The second-order valence-corrected chi connectivity index (χ2v) is 8.30. The van der Waals surface area contributed by atoms with E-state index in [0.717, 1.165) is 67.4 Å². The normalized spacial score (nSPS) is 18.8. The maximum absolute atomic E-state index is 13.4. The number of nitrogens with two attached hydrogens (primary N) is 2. The van der Waals surface area contributed by atoms with E-state index in [1.807, 2.05) is 12.3 Å². The summed E-state index contributed by atoms with van der Waals surface area (Å²) in [6.07, 6.45) is 8.07. The SMILES string of the molecule is Nc1ncnc2c1ccn2[C@@H]1C=C(CCc2cc(C(F)F)cc3c2C[NH2+]CC3)CC1. The molecule has 0 fully saturated rings. The van der Waals surface area contributed by atoms with Crippen LogP contribution in [0.15, 0.2) is 42.4 Å². The van der Waals surface area contributed by atoms with E-state index in [1.165, 1.54) is 17.5 Å². The molecule has 3 aromatic rings. The van der Waals surface area contributed by atoms with Crippen LogP contribution >= 0.6 is 0 Å². The molecule has 0 saturated carbocycles. The summed E-state index contributed by atoms with van der Waals surface area (Å²) in [7, 11) is 0. The first-order valence-corrected chi connectivity index (χ1v) is 10.6. The molecule has 30 heavy (non-hydrogen) atoms. The maximum Gasteiger partial charge on any atom is 0.263 e. The van der Waals surface area contributed by atoms with E-state index in [2.05, 4.69) is 25.9 Å². The van der Waals surface area contributed by atoms with Gasteiger partial charge in [0.25, 0.3) is 6.43 Å². The third-order valence-corrected chi connectivity index (χ3v) is 6.48. The van der Waals surface area contributed by atoms with Gasteiger partial charge in [0.15, 0.2) is 0 Å². The first kappa shape index (κ1) is 19.2. The summed E-state index contributed by atoms with van der Waals surface area (Å²) in [6, 6.07) is 5.66. The van der Waals surface area contributed by atoms with Crippen molar-refractivity contribution in [2.45, 2.75) is 51.1 Å². The second-order valence-electron chi connectivity index (χ2n) is 8.30. The summed E-state index contributed by atoms with van der Waals surface area (Å²) >= 11 is 0. The summed E-state index contributed by atoms with van der Waals surface area (Å²) in [4.78, 5) is 8.47. The number of quaternary nitrogens is 1. The van der Waals surface area contributed by atoms with Crippen LogP contribution < -0.4 is 11.1 Å². The van der Waals surface area contributed by atoms with Crippen LogP contribution in [0.2, 0.25) is 0 Å². The van der Waals surface area contributed by atoms with Crippen molar-refractivity contribution in [3.63, 3.8) is 0 Å². The van der Waals surface area contributed by atoms with Gasteiger partial charge in [-0.2, -0.15) is 0 Å². The highest BCUT2D eigenvalue weighted by Gasteiger charge is 2.22. The minimum absolute atomic E-state index is 0.167. The number of anilines is 1. The van der Waals surface area contributed by atoms with Crippen LogP contribution in [0.3, 0.4) is 0 Å². The van der Waals surface area contributed by atoms with Crippen molar-refractivity contribution in [1.82, 2.24) is 14.5 Å². The molecule has 0 unspecified atom stereocenters. The van der Waals surface area contributed by atoms with Crippen molar-refractivity contribution in [3.05, 3.63) is 64.6 Å². The Hall–Kier alpha value is -2.80. The van der Waals surface area contributed by atoms with Gasteiger partial charge in [-0.3, -0.25) is 0 Å². The Balaban J connectivity index is 1.36. The molecule has 5 rings (SSSR count). The lowest BCUT2D eigenvalue weighted by atomic mass is 9.90. The van der Waals surface area contributed by atoms with E-state index in [0.29, 0.717) is 5.82 Å². The Morgan fingerprint density at radius 2 is 2.10 bits per heavy atom. The van der Waals surface area contributed by atoms with Gasteiger partial charge in [0.2, 0.25) is 0 Å². The quantitative estimate of drug-likeness (QED) is 0.633. The minimum Gasteiger partial charge on any atom is -0.383 e. The van der Waals surface area contributed by atoms with E-state index in [1.54, 1.807) is 12.1 Å². The number of allylic oxidation sites excluding steroid dienone is 2. The highest BCUT2D eigenvalue weighted by Crippen LogP contribution is 2.34. The monoisotopic (exact) mass is 410 g/mol. The van der Waals surface area contributed by atoms with Gasteiger partial charge in [0.1, 0.15) is 24.3 Å². The van der Waals surface area contributed by atoms with E-state index in [4.69, 9.17) is 5.73 Å². The smallest absolute Gasteiger partial charge is 0.263 e. The number of benzene rings is 1. The molecule has 0 saturated heterocycles. The van der Waals surface area contributed by atoms with Crippen LogP contribution in [0.25, 0.3) is 11.0 Å². The van der Waals surface area contributed by atoms with Crippen LogP contribution in [-0.2, 0) is 19.4 Å². The molecular weight excluding hydrogens is 384 g/mol. The number of fused-ring (bicyclic) bond motifs is 2. The lowest BCUT2D eigenvalue weighted by Crippen LogP contribution is -2.84. The summed E-state index contributed by atoms with van der Waals surface area (Å²) in [5, 5.41) is 3.15. The number of hydrogen-bond donors (Lipinski definition) is 2. The van der Waals surface area contributed by atoms with Gasteiger partial charge in [0, 0.05) is 23.7 Å². The fourth-order valence-corrected chi connectivity index (χ4v) is 4.92. The summed E-state index contributed by atoms with van der Waals surface area (Å²) < 4.78 is 28.9. The van der Waals surface area contributed by atoms with Crippen molar-refractivity contribution in [2.24, 2.45) is 0 Å². The predicted octanol–water partition coefficient (Wildman–Crippen LogP) is 3.46. The lowest BCUT2D eigenvalue weighted by molar-refractivity contribution is -0.673. The topological polar surface area (TPSA) is 73.3 Å². The number of nitrogens with zero attached hydrogens (tertiary/aromatic N) is 3. The second kappa shape index (κ2) is 7.80. The number of halogens is 2. The zero-order valence-electron chi connectivity index (χ0n) is 16.8. The molecule has 5 nitrogen and oxygen atoms in total. The summed E-state index contributed by atoms with van der Waals surface area (Å²) in [6.45, 7) is 1.87.